The van der Waals surface area contributed by atoms with Crippen LogP contribution in [0.25, 0.3) is 0 Å². The summed E-state index contributed by atoms with van der Waals surface area (Å²) in [5.41, 5.74) is 6.33. The monoisotopic (exact) mass is 293 g/mol. The standard InChI is InChI=1S/C17H31N3O/c1-11-8-15(6-7-20(11)2)19-17(21)14-9-12-4-3-5-13(10-14)16(12)18/h11-16H,3-10,18H2,1-2H3,(H,19,21). The number of amides is 1. The first kappa shape index (κ1) is 15.3. The summed E-state index contributed by atoms with van der Waals surface area (Å²) in [6.07, 6.45) is 7.98. The van der Waals surface area contributed by atoms with Crippen LogP contribution < -0.4 is 11.1 Å². The summed E-state index contributed by atoms with van der Waals surface area (Å²) in [6.45, 7) is 3.34. The quantitative estimate of drug-likeness (QED) is 0.815. The summed E-state index contributed by atoms with van der Waals surface area (Å²) in [7, 11) is 2.17. The van der Waals surface area contributed by atoms with E-state index in [-0.39, 0.29) is 5.92 Å². The summed E-state index contributed by atoms with van der Waals surface area (Å²) in [6, 6.07) is 1.30. The van der Waals surface area contributed by atoms with E-state index in [0.717, 1.165) is 32.2 Å². The summed E-state index contributed by atoms with van der Waals surface area (Å²) >= 11 is 0. The molecular formula is C17H31N3O. The molecule has 4 unspecified atom stereocenters. The molecule has 1 aliphatic heterocycles. The van der Waals surface area contributed by atoms with Crippen LogP contribution in [0.1, 0.15) is 51.9 Å². The fourth-order valence-corrected chi connectivity index (χ4v) is 4.74. The Morgan fingerprint density at radius 3 is 2.43 bits per heavy atom. The van der Waals surface area contributed by atoms with Crippen molar-refractivity contribution >= 4 is 5.91 Å². The van der Waals surface area contributed by atoms with E-state index >= 15 is 0 Å². The van der Waals surface area contributed by atoms with E-state index in [1.807, 2.05) is 0 Å². The molecule has 3 rings (SSSR count). The minimum atomic E-state index is 0.218. The highest BCUT2D eigenvalue weighted by atomic mass is 16.1. The van der Waals surface area contributed by atoms with Crippen molar-refractivity contribution in [1.82, 2.24) is 10.2 Å². The fourth-order valence-electron chi connectivity index (χ4n) is 4.74. The number of rotatable bonds is 2. The third kappa shape index (κ3) is 3.26. The third-order valence-electron chi connectivity index (χ3n) is 6.34. The van der Waals surface area contributed by atoms with E-state index in [9.17, 15) is 4.79 Å². The van der Waals surface area contributed by atoms with Crippen molar-refractivity contribution in [2.75, 3.05) is 13.6 Å². The van der Waals surface area contributed by atoms with Gasteiger partial charge in [-0.05, 0) is 64.3 Å². The number of carbonyl (C=O) groups excluding carboxylic acids is 1. The highest BCUT2D eigenvalue weighted by Gasteiger charge is 2.41. The van der Waals surface area contributed by atoms with Gasteiger partial charge < -0.3 is 16.0 Å². The van der Waals surface area contributed by atoms with Gasteiger partial charge in [-0.15, -0.1) is 0 Å². The zero-order valence-corrected chi connectivity index (χ0v) is 13.6. The number of piperidine rings is 1. The largest absolute Gasteiger partial charge is 0.353 e. The van der Waals surface area contributed by atoms with E-state index in [1.165, 1.54) is 19.3 Å². The fraction of sp³-hybridized carbons (Fsp3) is 0.941. The maximum absolute atomic E-state index is 12.6. The van der Waals surface area contributed by atoms with Crippen LogP contribution >= 0.6 is 0 Å². The van der Waals surface area contributed by atoms with Crippen molar-refractivity contribution in [3.8, 4) is 0 Å². The molecule has 2 bridgehead atoms. The molecule has 21 heavy (non-hydrogen) atoms. The van der Waals surface area contributed by atoms with Gasteiger partial charge in [0.15, 0.2) is 0 Å². The molecule has 0 aromatic carbocycles. The van der Waals surface area contributed by atoms with Crippen LogP contribution in [-0.4, -0.2) is 42.5 Å². The minimum absolute atomic E-state index is 0.218. The molecule has 3 aliphatic rings. The smallest absolute Gasteiger partial charge is 0.223 e. The van der Waals surface area contributed by atoms with Crippen molar-refractivity contribution in [2.45, 2.75) is 70.0 Å². The average Bonchev–Trinajstić information content (AvgIpc) is 2.42. The molecule has 4 heteroatoms. The van der Waals surface area contributed by atoms with Crippen molar-refractivity contribution in [1.29, 1.82) is 0 Å². The number of nitrogens with zero attached hydrogens (tertiary/aromatic N) is 1. The summed E-state index contributed by atoms with van der Waals surface area (Å²) in [5, 5.41) is 3.34. The molecule has 0 aromatic heterocycles. The number of nitrogens with two attached hydrogens (primary N) is 1. The van der Waals surface area contributed by atoms with E-state index < -0.39 is 0 Å². The SMILES string of the molecule is CC1CC(NC(=O)C2CC3CCCC(C2)C3N)CCN1C. The topological polar surface area (TPSA) is 58.4 Å². The summed E-state index contributed by atoms with van der Waals surface area (Å²) in [4.78, 5) is 15.0. The van der Waals surface area contributed by atoms with Crippen LogP contribution in [0.2, 0.25) is 0 Å². The second-order valence-electron chi connectivity index (χ2n) is 7.76. The van der Waals surface area contributed by atoms with Gasteiger partial charge in [0.05, 0.1) is 0 Å². The molecule has 1 heterocycles. The molecule has 0 aromatic rings. The highest BCUT2D eigenvalue weighted by molar-refractivity contribution is 5.79. The molecule has 3 N–H and O–H groups in total. The van der Waals surface area contributed by atoms with E-state index in [2.05, 4.69) is 24.2 Å². The Morgan fingerprint density at radius 1 is 1.14 bits per heavy atom. The molecule has 0 spiro atoms. The minimum Gasteiger partial charge on any atom is -0.353 e. The predicted molar refractivity (Wildman–Crippen MR) is 84.8 cm³/mol. The van der Waals surface area contributed by atoms with Crippen LogP contribution in [0.3, 0.4) is 0 Å². The van der Waals surface area contributed by atoms with Crippen LogP contribution in [0, 0.1) is 17.8 Å². The second-order valence-corrected chi connectivity index (χ2v) is 7.76. The van der Waals surface area contributed by atoms with E-state index in [1.54, 1.807) is 0 Å². The Labute approximate surface area is 128 Å². The number of carbonyl (C=O) groups is 1. The lowest BCUT2D eigenvalue weighted by Crippen LogP contribution is -2.52. The molecule has 2 saturated carbocycles. The van der Waals surface area contributed by atoms with Gasteiger partial charge in [0.25, 0.3) is 0 Å². The summed E-state index contributed by atoms with van der Waals surface area (Å²) in [5.74, 6) is 1.70. The molecule has 4 nitrogen and oxygen atoms in total. The molecule has 1 amide bonds. The van der Waals surface area contributed by atoms with Crippen LogP contribution in [0.4, 0.5) is 0 Å². The number of nitrogens with one attached hydrogen (secondary N) is 1. The Bertz CT molecular complexity index is 372. The van der Waals surface area contributed by atoms with Gasteiger partial charge in [-0.3, -0.25) is 4.79 Å². The average molecular weight is 293 g/mol. The maximum atomic E-state index is 12.6. The number of hydrogen-bond acceptors (Lipinski definition) is 3. The first-order valence-electron chi connectivity index (χ1n) is 8.80. The Morgan fingerprint density at radius 2 is 1.81 bits per heavy atom. The lowest BCUT2D eigenvalue weighted by atomic mass is 9.65. The number of likely N-dealkylation sites (tertiary alicyclic amines) is 1. The molecule has 120 valence electrons. The van der Waals surface area contributed by atoms with Crippen molar-refractivity contribution in [3.63, 3.8) is 0 Å². The van der Waals surface area contributed by atoms with Gasteiger partial charge >= 0.3 is 0 Å². The van der Waals surface area contributed by atoms with Gasteiger partial charge in [-0.1, -0.05) is 6.42 Å². The first-order valence-corrected chi connectivity index (χ1v) is 8.80. The molecule has 3 fully saturated rings. The van der Waals surface area contributed by atoms with Crippen molar-refractivity contribution in [3.05, 3.63) is 0 Å². The highest BCUT2D eigenvalue weighted by Crippen LogP contribution is 2.42. The van der Waals surface area contributed by atoms with E-state index in [4.69, 9.17) is 5.73 Å². The van der Waals surface area contributed by atoms with Gasteiger partial charge in [0.2, 0.25) is 5.91 Å². The van der Waals surface area contributed by atoms with Gasteiger partial charge in [0, 0.05) is 30.6 Å². The zero-order chi connectivity index (χ0) is 15.0. The van der Waals surface area contributed by atoms with Crippen LogP contribution in [0.15, 0.2) is 0 Å². The maximum Gasteiger partial charge on any atom is 0.223 e. The molecule has 4 atom stereocenters. The van der Waals surface area contributed by atoms with E-state index in [0.29, 0.717) is 35.9 Å². The lowest BCUT2D eigenvalue weighted by Gasteiger charge is -2.44. The molecular weight excluding hydrogens is 262 g/mol. The van der Waals surface area contributed by atoms with Gasteiger partial charge in [-0.25, -0.2) is 0 Å². The lowest BCUT2D eigenvalue weighted by molar-refractivity contribution is -0.129. The van der Waals surface area contributed by atoms with Crippen LogP contribution in [0.5, 0.6) is 0 Å². The molecule has 1 saturated heterocycles. The Kier molecular flexibility index (Phi) is 4.55. The normalized spacial score (nSPS) is 44.3. The van der Waals surface area contributed by atoms with Crippen molar-refractivity contribution in [2.24, 2.45) is 23.5 Å². The van der Waals surface area contributed by atoms with Crippen LogP contribution in [-0.2, 0) is 4.79 Å². The molecule has 2 aliphatic carbocycles. The molecule has 0 radical (unpaired) electrons. The van der Waals surface area contributed by atoms with Crippen molar-refractivity contribution < 1.29 is 4.79 Å². The predicted octanol–water partition coefficient (Wildman–Crippen LogP) is 1.74. The Hall–Kier alpha value is -0.610. The zero-order valence-electron chi connectivity index (χ0n) is 13.6. The number of hydrogen-bond donors (Lipinski definition) is 2. The Balaban J connectivity index is 1.54. The summed E-state index contributed by atoms with van der Waals surface area (Å²) < 4.78 is 0. The van der Waals surface area contributed by atoms with Gasteiger partial charge in [0.1, 0.15) is 0 Å². The second kappa shape index (κ2) is 6.25. The number of fused-ring (bicyclic) bond motifs is 2. The first-order chi connectivity index (χ1) is 10.0. The van der Waals surface area contributed by atoms with Gasteiger partial charge in [-0.2, -0.15) is 0 Å². The third-order valence-corrected chi connectivity index (χ3v) is 6.34.